The average Bonchev–Trinajstić information content (AvgIpc) is 2.27. The summed E-state index contributed by atoms with van der Waals surface area (Å²) in [4.78, 5) is 14.6. The fourth-order valence-electron chi connectivity index (χ4n) is 1.17. The van der Waals surface area contributed by atoms with Gasteiger partial charge in [0.1, 0.15) is 5.82 Å². The minimum absolute atomic E-state index is 0.0997. The van der Waals surface area contributed by atoms with Gasteiger partial charge in [-0.25, -0.2) is 4.98 Å². The molecule has 1 rings (SSSR count). The molecular weight excluding hydrogens is 249 g/mol. The van der Waals surface area contributed by atoms with Gasteiger partial charge in [0.05, 0.1) is 5.69 Å². The largest absolute Gasteiger partial charge is 0.471 e. The number of nitrogen functional groups attached to an aromatic ring is 1. The van der Waals surface area contributed by atoms with Crippen LogP contribution in [0, 0.1) is 6.92 Å². The molecule has 0 saturated carbocycles. The zero-order chi connectivity index (χ0) is 13.8. The first-order valence-corrected chi connectivity index (χ1v) is 5.12. The van der Waals surface area contributed by atoms with Gasteiger partial charge in [0, 0.05) is 18.8 Å². The molecule has 0 aliphatic heterocycles. The Labute approximate surface area is 102 Å². The molecule has 18 heavy (non-hydrogen) atoms. The first-order chi connectivity index (χ1) is 8.30. The SMILES string of the molecule is Cc1ccc(N)c(NCCNC(=O)C(F)(F)F)n1. The molecule has 0 bridgehead atoms. The second kappa shape index (κ2) is 5.56. The van der Waals surface area contributed by atoms with Crippen molar-refractivity contribution in [3.8, 4) is 0 Å². The summed E-state index contributed by atoms with van der Waals surface area (Å²) in [5, 5.41) is 4.47. The number of rotatable bonds is 4. The number of nitrogens with zero attached hydrogens (tertiary/aromatic N) is 1. The Hall–Kier alpha value is -1.99. The van der Waals surface area contributed by atoms with E-state index in [9.17, 15) is 18.0 Å². The van der Waals surface area contributed by atoms with Crippen molar-refractivity contribution in [3.05, 3.63) is 17.8 Å². The number of anilines is 2. The number of carbonyl (C=O) groups is 1. The Morgan fingerprint density at radius 3 is 2.67 bits per heavy atom. The number of nitrogens with one attached hydrogen (secondary N) is 2. The molecule has 0 spiro atoms. The van der Waals surface area contributed by atoms with Crippen molar-refractivity contribution >= 4 is 17.4 Å². The lowest BCUT2D eigenvalue weighted by atomic mass is 10.3. The zero-order valence-electron chi connectivity index (χ0n) is 9.64. The molecule has 100 valence electrons. The van der Waals surface area contributed by atoms with Crippen molar-refractivity contribution in [1.29, 1.82) is 0 Å². The summed E-state index contributed by atoms with van der Waals surface area (Å²) in [5.74, 6) is -1.58. The summed E-state index contributed by atoms with van der Waals surface area (Å²) in [6, 6.07) is 3.35. The van der Waals surface area contributed by atoms with E-state index in [2.05, 4.69) is 10.3 Å². The first kappa shape index (κ1) is 14.1. The van der Waals surface area contributed by atoms with E-state index in [4.69, 9.17) is 5.73 Å². The molecule has 0 saturated heterocycles. The monoisotopic (exact) mass is 262 g/mol. The minimum Gasteiger partial charge on any atom is -0.396 e. The van der Waals surface area contributed by atoms with Crippen LogP contribution in [0.25, 0.3) is 0 Å². The van der Waals surface area contributed by atoms with Gasteiger partial charge >= 0.3 is 12.1 Å². The lowest BCUT2D eigenvalue weighted by Crippen LogP contribution is -2.39. The lowest BCUT2D eigenvalue weighted by molar-refractivity contribution is -0.173. The number of nitrogens with two attached hydrogens (primary N) is 1. The molecule has 0 aliphatic rings. The molecule has 0 unspecified atom stereocenters. The van der Waals surface area contributed by atoms with Crippen LogP contribution in [0.3, 0.4) is 0 Å². The van der Waals surface area contributed by atoms with Crippen LogP contribution in [0.2, 0.25) is 0 Å². The predicted molar refractivity (Wildman–Crippen MR) is 60.9 cm³/mol. The highest BCUT2D eigenvalue weighted by atomic mass is 19.4. The Kier molecular flexibility index (Phi) is 4.35. The van der Waals surface area contributed by atoms with E-state index in [1.165, 1.54) is 0 Å². The normalized spacial score (nSPS) is 11.1. The summed E-state index contributed by atoms with van der Waals surface area (Å²) < 4.78 is 35.6. The minimum atomic E-state index is -4.86. The summed E-state index contributed by atoms with van der Waals surface area (Å²) in [7, 11) is 0. The number of pyridine rings is 1. The molecule has 1 amide bonds. The summed E-state index contributed by atoms with van der Waals surface area (Å²) >= 11 is 0. The summed E-state index contributed by atoms with van der Waals surface area (Å²) in [5.41, 5.74) is 6.73. The fourth-order valence-corrected chi connectivity index (χ4v) is 1.17. The fraction of sp³-hybridized carbons (Fsp3) is 0.400. The van der Waals surface area contributed by atoms with Crippen LogP contribution in [-0.2, 0) is 4.79 Å². The van der Waals surface area contributed by atoms with Crippen LogP contribution >= 0.6 is 0 Å². The van der Waals surface area contributed by atoms with Gasteiger partial charge in [-0.1, -0.05) is 0 Å². The standard InChI is InChI=1S/C10H13F3N4O/c1-6-2-3-7(14)8(17-6)15-4-5-16-9(18)10(11,12)13/h2-3H,4-5,14H2,1H3,(H,15,17)(H,16,18). The number of aromatic nitrogens is 1. The van der Waals surface area contributed by atoms with E-state index < -0.39 is 12.1 Å². The predicted octanol–water partition coefficient (Wildman–Crippen LogP) is 1.06. The van der Waals surface area contributed by atoms with Crippen molar-refractivity contribution in [2.45, 2.75) is 13.1 Å². The molecule has 1 aromatic heterocycles. The maximum Gasteiger partial charge on any atom is 0.471 e. The highest BCUT2D eigenvalue weighted by Gasteiger charge is 2.38. The number of halogens is 3. The third kappa shape index (κ3) is 4.11. The highest BCUT2D eigenvalue weighted by Crippen LogP contribution is 2.15. The average molecular weight is 262 g/mol. The van der Waals surface area contributed by atoms with Gasteiger partial charge in [-0.3, -0.25) is 4.79 Å². The van der Waals surface area contributed by atoms with Gasteiger partial charge in [-0.15, -0.1) is 0 Å². The molecular formula is C10H13F3N4O. The van der Waals surface area contributed by atoms with Crippen molar-refractivity contribution in [3.63, 3.8) is 0 Å². The third-order valence-electron chi connectivity index (χ3n) is 2.03. The Balaban J connectivity index is 2.39. The van der Waals surface area contributed by atoms with E-state index >= 15 is 0 Å². The molecule has 0 aromatic carbocycles. The molecule has 0 atom stereocenters. The van der Waals surface area contributed by atoms with Crippen LogP contribution in [-0.4, -0.2) is 30.2 Å². The van der Waals surface area contributed by atoms with Gasteiger partial charge in [-0.2, -0.15) is 13.2 Å². The van der Waals surface area contributed by atoms with E-state index in [1.807, 2.05) is 0 Å². The topological polar surface area (TPSA) is 80.0 Å². The molecule has 1 heterocycles. The molecule has 5 nitrogen and oxygen atoms in total. The molecule has 8 heteroatoms. The third-order valence-corrected chi connectivity index (χ3v) is 2.03. The Morgan fingerprint density at radius 1 is 1.39 bits per heavy atom. The molecule has 4 N–H and O–H groups in total. The molecule has 1 aromatic rings. The summed E-state index contributed by atoms with van der Waals surface area (Å²) in [6.07, 6.45) is -4.86. The van der Waals surface area contributed by atoms with Gasteiger partial charge in [-0.05, 0) is 19.1 Å². The Morgan fingerprint density at radius 2 is 2.06 bits per heavy atom. The summed E-state index contributed by atoms with van der Waals surface area (Å²) in [6.45, 7) is 1.69. The van der Waals surface area contributed by atoms with Crippen molar-refractivity contribution in [2.75, 3.05) is 24.1 Å². The van der Waals surface area contributed by atoms with Crippen LogP contribution in [0.5, 0.6) is 0 Å². The van der Waals surface area contributed by atoms with Crippen molar-refractivity contribution < 1.29 is 18.0 Å². The zero-order valence-corrected chi connectivity index (χ0v) is 9.64. The quantitative estimate of drug-likeness (QED) is 0.709. The van der Waals surface area contributed by atoms with Gasteiger partial charge in [0.15, 0.2) is 0 Å². The number of hydrogen-bond donors (Lipinski definition) is 3. The maximum absolute atomic E-state index is 11.9. The maximum atomic E-state index is 11.9. The Bertz CT molecular complexity index is 434. The van der Waals surface area contributed by atoms with Gasteiger partial charge in [0.25, 0.3) is 0 Å². The van der Waals surface area contributed by atoms with E-state index in [0.717, 1.165) is 5.69 Å². The van der Waals surface area contributed by atoms with Crippen LogP contribution in [0.15, 0.2) is 12.1 Å². The van der Waals surface area contributed by atoms with Crippen molar-refractivity contribution in [2.24, 2.45) is 0 Å². The molecule has 0 radical (unpaired) electrons. The van der Waals surface area contributed by atoms with Crippen molar-refractivity contribution in [1.82, 2.24) is 10.3 Å². The van der Waals surface area contributed by atoms with Crippen LogP contribution in [0.4, 0.5) is 24.7 Å². The molecule has 0 aliphatic carbocycles. The van der Waals surface area contributed by atoms with E-state index in [0.29, 0.717) is 11.5 Å². The number of alkyl halides is 3. The number of aryl methyl sites for hydroxylation is 1. The lowest BCUT2D eigenvalue weighted by Gasteiger charge is -2.10. The number of amides is 1. The second-order valence-electron chi connectivity index (χ2n) is 3.57. The van der Waals surface area contributed by atoms with Crippen LogP contribution in [0.1, 0.15) is 5.69 Å². The van der Waals surface area contributed by atoms with Gasteiger partial charge in [0.2, 0.25) is 0 Å². The van der Waals surface area contributed by atoms with Gasteiger partial charge < -0.3 is 16.4 Å². The first-order valence-electron chi connectivity index (χ1n) is 5.12. The number of hydrogen-bond acceptors (Lipinski definition) is 4. The van der Waals surface area contributed by atoms with E-state index in [-0.39, 0.29) is 13.1 Å². The van der Waals surface area contributed by atoms with Crippen LogP contribution < -0.4 is 16.4 Å². The smallest absolute Gasteiger partial charge is 0.396 e. The molecule has 0 fully saturated rings. The number of carbonyl (C=O) groups excluding carboxylic acids is 1. The highest BCUT2D eigenvalue weighted by molar-refractivity contribution is 5.81. The van der Waals surface area contributed by atoms with E-state index in [1.54, 1.807) is 24.4 Å². The second-order valence-corrected chi connectivity index (χ2v) is 3.57.